The van der Waals surface area contributed by atoms with E-state index in [1.54, 1.807) is 6.07 Å². The molecule has 1 heterocycles. The molecule has 1 aromatic carbocycles. The van der Waals surface area contributed by atoms with Crippen LogP contribution < -0.4 is 10.6 Å². The fourth-order valence-corrected chi connectivity index (χ4v) is 2.76. The maximum atomic E-state index is 13.2. The molecule has 24 heavy (non-hydrogen) atoms. The van der Waals surface area contributed by atoms with Crippen LogP contribution in [-0.2, 0) is 11.4 Å². The summed E-state index contributed by atoms with van der Waals surface area (Å²) in [5, 5.41) is 15.4. The molecule has 0 saturated carbocycles. The number of piperidine rings is 1. The van der Waals surface area contributed by atoms with Crippen LogP contribution in [0.15, 0.2) is 43.1 Å². The monoisotopic (exact) mass is 333 g/mol. The third-order valence-electron chi connectivity index (χ3n) is 4.10. The minimum absolute atomic E-state index is 0.0904. The summed E-state index contributed by atoms with van der Waals surface area (Å²) in [5.41, 5.74) is 1.82. The molecule has 0 unspecified atom stereocenters. The van der Waals surface area contributed by atoms with Gasteiger partial charge in [-0.3, -0.25) is 9.69 Å². The van der Waals surface area contributed by atoms with Gasteiger partial charge in [0.1, 0.15) is 5.82 Å². The molecule has 5 nitrogen and oxygen atoms in total. The molecule has 1 aromatic rings. The maximum absolute atomic E-state index is 13.2. The lowest BCUT2D eigenvalue weighted by Gasteiger charge is -2.32. The van der Waals surface area contributed by atoms with Crippen molar-refractivity contribution in [2.24, 2.45) is 0 Å². The van der Waals surface area contributed by atoms with Crippen LogP contribution in [-0.4, -0.2) is 41.6 Å². The van der Waals surface area contributed by atoms with Crippen LogP contribution in [0.3, 0.4) is 0 Å². The molecule has 0 bridgehead atoms. The molecule has 0 radical (unpaired) electrons. The lowest BCUT2D eigenvalue weighted by molar-refractivity contribution is -0.121. The molecule has 1 saturated heterocycles. The summed E-state index contributed by atoms with van der Waals surface area (Å²) in [6, 6.07) is 4.62. The second-order valence-corrected chi connectivity index (χ2v) is 5.93. The van der Waals surface area contributed by atoms with Crippen LogP contribution >= 0.6 is 0 Å². The van der Waals surface area contributed by atoms with E-state index >= 15 is 0 Å². The van der Waals surface area contributed by atoms with Crippen molar-refractivity contribution in [2.45, 2.75) is 25.5 Å². The van der Waals surface area contributed by atoms with E-state index in [-0.39, 0.29) is 24.4 Å². The predicted molar refractivity (Wildman–Crippen MR) is 92.9 cm³/mol. The van der Waals surface area contributed by atoms with Crippen LogP contribution in [0, 0.1) is 5.82 Å². The van der Waals surface area contributed by atoms with Crippen LogP contribution in [0.25, 0.3) is 0 Å². The number of aliphatic hydroxyl groups is 1. The Morgan fingerprint density at radius 1 is 1.42 bits per heavy atom. The fraction of sp³-hybridized carbons (Fsp3) is 0.389. The third kappa shape index (κ3) is 5.18. The summed E-state index contributed by atoms with van der Waals surface area (Å²) in [7, 11) is 0. The van der Waals surface area contributed by atoms with Gasteiger partial charge in [-0.2, -0.15) is 0 Å². The number of aliphatic hydroxyl groups excluding tert-OH is 1. The molecule has 0 aromatic heterocycles. The van der Waals surface area contributed by atoms with Gasteiger partial charge < -0.3 is 15.7 Å². The Morgan fingerprint density at radius 2 is 2.12 bits per heavy atom. The number of nitrogens with one attached hydrogen (secondary N) is 2. The molecule has 0 spiro atoms. The average Bonchev–Trinajstić information content (AvgIpc) is 2.57. The first-order chi connectivity index (χ1) is 11.5. The molecular formula is C18H24FN3O2. The van der Waals surface area contributed by atoms with E-state index in [4.69, 9.17) is 0 Å². The van der Waals surface area contributed by atoms with E-state index in [9.17, 15) is 14.3 Å². The number of halogens is 1. The number of carbonyl (C=O) groups is 1. The predicted octanol–water partition coefficient (Wildman–Crippen LogP) is 2.01. The highest BCUT2D eigenvalue weighted by molar-refractivity contribution is 5.80. The summed E-state index contributed by atoms with van der Waals surface area (Å²) < 4.78 is 13.2. The third-order valence-corrected chi connectivity index (χ3v) is 4.10. The molecule has 2 rings (SSSR count). The number of anilines is 1. The number of rotatable bonds is 7. The number of hydrogen-bond donors (Lipinski definition) is 3. The summed E-state index contributed by atoms with van der Waals surface area (Å²) in [6.07, 6.45) is 3.26. The average molecular weight is 333 g/mol. The molecule has 3 N–H and O–H groups in total. The van der Waals surface area contributed by atoms with Gasteiger partial charge in [0, 0.05) is 36.1 Å². The number of amides is 1. The van der Waals surface area contributed by atoms with E-state index < -0.39 is 0 Å². The van der Waals surface area contributed by atoms with Crippen molar-refractivity contribution in [3.63, 3.8) is 0 Å². The Kier molecular flexibility index (Phi) is 6.52. The van der Waals surface area contributed by atoms with Gasteiger partial charge in [-0.1, -0.05) is 13.2 Å². The zero-order chi connectivity index (χ0) is 17.5. The summed E-state index contributed by atoms with van der Waals surface area (Å²) >= 11 is 0. The van der Waals surface area contributed by atoms with Crippen LogP contribution in [0.5, 0.6) is 0 Å². The highest BCUT2D eigenvalue weighted by Crippen LogP contribution is 2.21. The largest absolute Gasteiger partial charge is 0.392 e. The Labute approximate surface area is 141 Å². The van der Waals surface area contributed by atoms with E-state index in [1.807, 2.05) is 0 Å². The lowest BCUT2D eigenvalue weighted by Crippen LogP contribution is -2.44. The second-order valence-electron chi connectivity index (χ2n) is 5.93. The quantitative estimate of drug-likeness (QED) is 0.668. The Bertz CT molecular complexity index is 610. The number of likely N-dealkylation sites (tertiary alicyclic amines) is 1. The normalized spacial score (nSPS) is 15.8. The van der Waals surface area contributed by atoms with Gasteiger partial charge in [0.05, 0.1) is 13.2 Å². The summed E-state index contributed by atoms with van der Waals surface area (Å²) in [5.74, 6) is -0.445. The standard InChI is InChI=1S/C18H24FN3O2/c1-3-13(2)20-18(24)11-22-8-6-16(7-9-22)21-17-5-4-15(19)10-14(17)12-23/h3-5,10,16,21,23H,1-2,6-9,11-12H2,(H,20,24). The van der Waals surface area contributed by atoms with E-state index in [1.165, 1.54) is 18.2 Å². The van der Waals surface area contributed by atoms with Gasteiger partial charge in [0.15, 0.2) is 0 Å². The summed E-state index contributed by atoms with van der Waals surface area (Å²) in [4.78, 5) is 13.9. The Hall–Kier alpha value is -2.18. The van der Waals surface area contributed by atoms with Gasteiger partial charge in [-0.25, -0.2) is 4.39 Å². The highest BCUT2D eigenvalue weighted by Gasteiger charge is 2.21. The highest BCUT2D eigenvalue weighted by atomic mass is 19.1. The van der Waals surface area contributed by atoms with Crippen molar-refractivity contribution in [2.75, 3.05) is 25.0 Å². The number of allylic oxidation sites excluding steroid dienone is 1. The van der Waals surface area contributed by atoms with Gasteiger partial charge >= 0.3 is 0 Å². The van der Waals surface area contributed by atoms with E-state index in [0.717, 1.165) is 31.6 Å². The summed E-state index contributed by atoms with van der Waals surface area (Å²) in [6.45, 7) is 8.93. The molecular weight excluding hydrogens is 309 g/mol. The van der Waals surface area contributed by atoms with E-state index in [2.05, 4.69) is 28.7 Å². The molecule has 1 aliphatic heterocycles. The number of benzene rings is 1. The fourth-order valence-electron chi connectivity index (χ4n) is 2.76. The molecule has 0 atom stereocenters. The lowest BCUT2D eigenvalue weighted by atomic mass is 10.0. The maximum Gasteiger partial charge on any atom is 0.238 e. The SMILES string of the molecule is C=CC(=C)NC(=O)CN1CCC(Nc2ccc(F)cc2CO)CC1. The first-order valence-electron chi connectivity index (χ1n) is 8.01. The zero-order valence-corrected chi connectivity index (χ0v) is 13.7. The van der Waals surface area contributed by atoms with Crippen molar-refractivity contribution in [3.05, 3.63) is 54.5 Å². The minimum atomic E-state index is -0.355. The first-order valence-corrected chi connectivity index (χ1v) is 8.01. The van der Waals surface area contributed by atoms with Crippen molar-refractivity contribution < 1.29 is 14.3 Å². The molecule has 130 valence electrons. The molecule has 1 amide bonds. The number of nitrogens with zero attached hydrogens (tertiary/aromatic N) is 1. The Balaban J connectivity index is 1.82. The molecule has 0 aliphatic carbocycles. The zero-order valence-electron chi connectivity index (χ0n) is 13.7. The van der Waals surface area contributed by atoms with Gasteiger partial charge in [-0.05, 0) is 37.1 Å². The van der Waals surface area contributed by atoms with Gasteiger partial charge in [-0.15, -0.1) is 0 Å². The first kappa shape index (κ1) is 18.2. The molecule has 1 fully saturated rings. The molecule has 1 aliphatic rings. The smallest absolute Gasteiger partial charge is 0.238 e. The second kappa shape index (κ2) is 8.61. The van der Waals surface area contributed by atoms with Gasteiger partial charge in [0.25, 0.3) is 0 Å². The van der Waals surface area contributed by atoms with Crippen molar-refractivity contribution >= 4 is 11.6 Å². The van der Waals surface area contributed by atoms with Gasteiger partial charge in [0.2, 0.25) is 5.91 Å². The Morgan fingerprint density at radius 3 is 2.75 bits per heavy atom. The number of carbonyl (C=O) groups excluding carboxylic acids is 1. The van der Waals surface area contributed by atoms with Crippen molar-refractivity contribution in [1.29, 1.82) is 0 Å². The van der Waals surface area contributed by atoms with Crippen LogP contribution in [0.1, 0.15) is 18.4 Å². The van der Waals surface area contributed by atoms with Crippen molar-refractivity contribution in [1.82, 2.24) is 10.2 Å². The van der Waals surface area contributed by atoms with Crippen LogP contribution in [0.4, 0.5) is 10.1 Å². The van der Waals surface area contributed by atoms with Crippen molar-refractivity contribution in [3.8, 4) is 0 Å². The van der Waals surface area contributed by atoms with E-state index in [0.29, 0.717) is 17.8 Å². The minimum Gasteiger partial charge on any atom is -0.392 e. The van der Waals surface area contributed by atoms with Crippen LogP contribution in [0.2, 0.25) is 0 Å². The topological polar surface area (TPSA) is 64.6 Å². The molecule has 6 heteroatoms. The number of hydrogen-bond acceptors (Lipinski definition) is 4.